The molecule has 0 amide bonds. The van der Waals surface area contributed by atoms with Crippen molar-refractivity contribution in [2.75, 3.05) is 0 Å². The van der Waals surface area contributed by atoms with E-state index in [0.29, 0.717) is 11.8 Å². The molecule has 0 heterocycles. The molecule has 0 fully saturated rings. The van der Waals surface area contributed by atoms with Crippen molar-refractivity contribution in [2.45, 2.75) is 23.6 Å². The zero-order valence-electron chi connectivity index (χ0n) is 9.44. The van der Waals surface area contributed by atoms with E-state index in [1.165, 1.54) is 22.3 Å². The molecule has 17 heavy (non-hydrogen) atoms. The molecule has 0 spiro atoms. The summed E-state index contributed by atoms with van der Waals surface area (Å²) in [4.78, 5) is 0. The summed E-state index contributed by atoms with van der Waals surface area (Å²) in [5.74, 6) is 0.906. The van der Waals surface area contributed by atoms with E-state index in [9.17, 15) is 0 Å². The highest BCUT2D eigenvalue weighted by molar-refractivity contribution is 6.21. The van der Waals surface area contributed by atoms with Gasteiger partial charge in [0, 0.05) is 17.2 Å². The van der Waals surface area contributed by atoms with Crippen molar-refractivity contribution in [3.8, 4) is 0 Å². The first-order valence-corrected chi connectivity index (χ1v) is 6.61. The second-order valence-corrected chi connectivity index (χ2v) is 5.60. The van der Waals surface area contributed by atoms with Crippen LogP contribution in [0.25, 0.3) is 0 Å². The monoisotopic (exact) mass is 240 g/mol. The average molecular weight is 241 g/mol. The molecule has 3 aliphatic rings. The van der Waals surface area contributed by atoms with Gasteiger partial charge in [0.05, 0.1) is 0 Å². The van der Waals surface area contributed by atoms with Gasteiger partial charge in [0.15, 0.2) is 0 Å². The first-order chi connectivity index (χ1) is 8.36. The Kier molecular flexibility index (Phi) is 1.93. The molecule has 0 aliphatic heterocycles. The van der Waals surface area contributed by atoms with Gasteiger partial charge in [-0.2, -0.15) is 0 Å². The molecule has 1 heteroatoms. The lowest BCUT2D eigenvalue weighted by Gasteiger charge is -2.43. The van der Waals surface area contributed by atoms with Crippen LogP contribution in [-0.2, 0) is 0 Å². The van der Waals surface area contributed by atoms with E-state index in [0.717, 1.165) is 6.42 Å². The third-order valence-electron chi connectivity index (χ3n) is 4.24. The van der Waals surface area contributed by atoms with Crippen LogP contribution in [-0.4, -0.2) is 5.38 Å². The molecule has 0 N–H and O–H groups in total. The SMILES string of the molecule is Cl[C@H]1CC2c3ccccc3C1c1ccccc12. The zero-order chi connectivity index (χ0) is 11.4. The highest BCUT2D eigenvalue weighted by atomic mass is 35.5. The van der Waals surface area contributed by atoms with Crippen LogP contribution in [0, 0.1) is 0 Å². The second kappa shape index (κ2) is 3.36. The summed E-state index contributed by atoms with van der Waals surface area (Å²) < 4.78 is 0. The Morgan fingerprint density at radius 1 is 0.765 bits per heavy atom. The largest absolute Gasteiger partial charge is 0.122 e. The van der Waals surface area contributed by atoms with Crippen molar-refractivity contribution in [2.24, 2.45) is 0 Å². The molecule has 0 nitrogen and oxygen atoms in total. The maximum atomic E-state index is 6.57. The van der Waals surface area contributed by atoms with Gasteiger partial charge in [-0.05, 0) is 28.7 Å². The van der Waals surface area contributed by atoms with Crippen LogP contribution in [0.15, 0.2) is 48.5 Å². The number of hydrogen-bond donors (Lipinski definition) is 0. The Morgan fingerprint density at radius 3 is 1.76 bits per heavy atom. The van der Waals surface area contributed by atoms with Gasteiger partial charge in [0.25, 0.3) is 0 Å². The Hall–Kier alpha value is -1.27. The van der Waals surface area contributed by atoms with E-state index < -0.39 is 0 Å². The minimum Gasteiger partial charge on any atom is -0.122 e. The molecule has 3 aliphatic carbocycles. The molecule has 2 aromatic carbocycles. The van der Waals surface area contributed by atoms with Crippen molar-refractivity contribution in [3.63, 3.8) is 0 Å². The third kappa shape index (κ3) is 1.19. The fourth-order valence-corrected chi connectivity index (χ4v) is 4.01. The van der Waals surface area contributed by atoms with Crippen LogP contribution in [0.5, 0.6) is 0 Å². The molecular weight excluding hydrogens is 228 g/mol. The van der Waals surface area contributed by atoms with Gasteiger partial charge in [-0.1, -0.05) is 48.5 Å². The molecule has 2 aromatic rings. The normalized spacial score (nSPS) is 28.6. The van der Waals surface area contributed by atoms with Crippen LogP contribution < -0.4 is 0 Å². The molecule has 1 atom stereocenters. The lowest BCUT2D eigenvalue weighted by molar-refractivity contribution is 0.527. The van der Waals surface area contributed by atoms with E-state index in [1.807, 2.05) is 0 Å². The first kappa shape index (κ1) is 9.73. The van der Waals surface area contributed by atoms with E-state index in [1.54, 1.807) is 0 Å². The molecule has 0 saturated heterocycles. The molecular formula is C16H13Cl. The van der Waals surface area contributed by atoms with Gasteiger partial charge in [-0.3, -0.25) is 0 Å². The van der Waals surface area contributed by atoms with Crippen LogP contribution in [0.1, 0.15) is 40.5 Å². The van der Waals surface area contributed by atoms with Crippen molar-refractivity contribution in [1.82, 2.24) is 0 Å². The Morgan fingerprint density at radius 2 is 1.24 bits per heavy atom. The number of halogens is 1. The topological polar surface area (TPSA) is 0 Å². The van der Waals surface area contributed by atoms with E-state index in [4.69, 9.17) is 11.6 Å². The smallest absolute Gasteiger partial charge is 0.0454 e. The predicted molar refractivity (Wildman–Crippen MR) is 70.8 cm³/mol. The van der Waals surface area contributed by atoms with E-state index in [-0.39, 0.29) is 5.38 Å². The zero-order valence-corrected chi connectivity index (χ0v) is 10.2. The maximum Gasteiger partial charge on any atom is 0.0454 e. The highest BCUT2D eigenvalue weighted by Crippen LogP contribution is 2.54. The summed E-state index contributed by atoms with van der Waals surface area (Å²) in [7, 11) is 0. The lowest BCUT2D eigenvalue weighted by Crippen LogP contribution is -2.32. The summed E-state index contributed by atoms with van der Waals surface area (Å²) in [5, 5.41) is 0.254. The second-order valence-electron chi connectivity index (χ2n) is 5.04. The van der Waals surface area contributed by atoms with Crippen molar-refractivity contribution < 1.29 is 0 Å². The van der Waals surface area contributed by atoms with Crippen molar-refractivity contribution in [1.29, 1.82) is 0 Å². The number of fused-ring (bicyclic) bond motifs is 1. The average Bonchev–Trinajstić information content (AvgIpc) is 2.39. The molecule has 0 radical (unpaired) electrons. The molecule has 0 saturated carbocycles. The number of rotatable bonds is 0. The summed E-state index contributed by atoms with van der Waals surface area (Å²) in [6.45, 7) is 0. The number of hydrogen-bond acceptors (Lipinski definition) is 0. The number of alkyl halides is 1. The van der Waals surface area contributed by atoms with E-state index >= 15 is 0 Å². The third-order valence-corrected chi connectivity index (χ3v) is 4.67. The molecule has 0 unspecified atom stereocenters. The molecule has 2 bridgehead atoms. The van der Waals surface area contributed by atoms with Gasteiger partial charge in [0.2, 0.25) is 0 Å². The quantitative estimate of drug-likeness (QED) is 0.603. The van der Waals surface area contributed by atoms with Crippen LogP contribution in [0.2, 0.25) is 0 Å². The molecule has 5 rings (SSSR count). The van der Waals surface area contributed by atoms with Gasteiger partial charge in [-0.15, -0.1) is 11.6 Å². The lowest BCUT2D eigenvalue weighted by atomic mass is 9.64. The Bertz CT molecular complexity index is 540. The minimum absolute atomic E-state index is 0.254. The summed E-state index contributed by atoms with van der Waals surface area (Å²) >= 11 is 6.57. The van der Waals surface area contributed by atoms with Gasteiger partial charge < -0.3 is 0 Å². The fourth-order valence-electron chi connectivity index (χ4n) is 3.56. The van der Waals surface area contributed by atoms with Crippen LogP contribution in [0.3, 0.4) is 0 Å². The Balaban J connectivity index is 2.04. The predicted octanol–water partition coefficient (Wildman–Crippen LogP) is 4.27. The summed E-state index contributed by atoms with van der Waals surface area (Å²) in [6.07, 6.45) is 1.08. The van der Waals surface area contributed by atoms with E-state index in [2.05, 4.69) is 48.5 Å². The highest BCUT2D eigenvalue weighted by Gasteiger charge is 2.41. The summed E-state index contributed by atoms with van der Waals surface area (Å²) in [6, 6.07) is 17.6. The minimum atomic E-state index is 0.254. The molecule has 0 aromatic heterocycles. The number of benzene rings is 2. The van der Waals surface area contributed by atoms with Crippen LogP contribution in [0.4, 0.5) is 0 Å². The molecule has 84 valence electrons. The standard InChI is InChI=1S/C16H13Cl/c17-15-9-14-10-5-1-3-7-12(10)16(15)13-8-4-2-6-11(13)14/h1-8,14-16H,9H2/t14?,15-,16?/m0/s1. The van der Waals surface area contributed by atoms with Crippen molar-refractivity contribution in [3.05, 3.63) is 70.8 Å². The van der Waals surface area contributed by atoms with Crippen molar-refractivity contribution >= 4 is 11.6 Å². The van der Waals surface area contributed by atoms with Crippen LogP contribution >= 0.6 is 11.6 Å². The maximum absolute atomic E-state index is 6.57. The van der Waals surface area contributed by atoms with Gasteiger partial charge in [0.1, 0.15) is 0 Å². The Labute approximate surface area is 106 Å². The first-order valence-electron chi connectivity index (χ1n) is 6.18. The fraction of sp³-hybridized carbons (Fsp3) is 0.250. The summed E-state index contributed by atoms with van der Waals surface area (Å²) in [5.41, 5.74) is 5.88. The van der Waals surface area contributed by atoms with Gasteiger partial charge in [-0.25, -0.2) is 0 Å². The van der Waals surface area contributed by atoms with Gasteiger partial charge >= 0.3 is 0 Å².